The summed E-state index contributed by atoms with van der Waals surface area (Å²) in [5.74, 6) is 1.32. The van der Waals surface area contributed by atoms with Gasteiger partial charge < -0.3 is 20.9 Å². The number of hydrogen-bond acceptors (Lipinski definition) is 7. The molecule has 166 valence electrons. The Balaban J connectivity index is 1.42. The summed E-state index contributed by atoms with van der Waals surface area (Å²) in [6, 6.07) is 7.94. The lowest BCUT2D eigenvalue weighted by molar-refractivity contribution is 0.100. The molecule has 8 heteroatoms. The van der Waals surface area contributed by atoms with Gasteiger partial charge in [0.25, 0.3) is 5.91 Å². The highest BCUT2D eigenvalue weighted by Gasteiger charge is 2.25. The maximum Gasteiger partial charge on any atom is 0.254 e. The van der Waals surface area contributed by atoms with E-state index in [1.54, 1.807) is 0 Å². The van der Waals surface area contributed by atoms with Gasteiger partial charge in [-0.1, -0.05) is 12.1 Å². The quantitative estimate of drug-likeness (QED) is 0.735. The highest BCUT2D eigenvalue weighted by Crippen LogP contribution is 2.23. The van der Waals surface area contributed by atoms with Gasteiger partial charge in [-0.05, 0) is 57.0 Å². The first-order chi connectivity index (χ1) is 15.0. The summed E-state index contributed by atoms with van der Waals surface area (Å²) in [5.41, 5.74) is 7.85. The van der Waals surface area contributed by atoms with Crippen molar-refractivity contribution in [2.45, 2.75) is 19.8 Å². The number of nitrogens with one attached hydrogen (secondary N) is 1. The fourth-order valence-corrected chi connectivity index (χ4v) is 4.58. The molecule has 0 radical (unpaired) electrons. The number of carbonyl (C=O) groups excluding carboxylic acids is 1. The number of piperazine rings is 1. The molecule has 1 aromatic heterocycles. The Morgan fingerprint density at radius 2 is 2.03 bits per heavy atom. The van der Waals surface area contributed by atoms with Crippen LogP contribution in [0.5, 0.6) is 0 Å². The number of nitrogens with zero attached hydrogens (tertiary/aromatic N) is 5. The number of nitrogens with two attached hydrogens (primary N) is 1. The van der Waals surface area contributed by atoms with Gasteiger partial charge in [0.15, 0.2) is 0 Å². The van der Waals surface area contributed by atoms with E-state index in [0.29, 0.717) is 17.3 Å². The van der Waals surface area contributed by atoms with Crippen LogP contribution in [-0.4, -0.2) is 78.5 Å². The fraction of sp³-hybridized carbons (Fsp3) is 0.522. The molecule has 1 unspecified atom stereocenters. The predicted octanol–water partition coefficient (Wildman–Crippen LogP) is 2.09. The van der Waals surface area contributed by atoms with Crippen LogP contribution in [-0.2, 0) is 0 Å². The lowest BCUT2D eigenvalue weighted by atomic mass is 9.97. The molecule has 8 nitrogen and oxygen atoms in total. The van der Waals surface area contributed by atoms with Gasteiger partial charge in [0.2, 0.25) is 5.95 Å². The molecule has 2 aliphatic rings. The molecule has 4 rings (SSSR count). The van der Waals surface area contributed by atoms with Crippen LogP contribution in [0.3, 0.4) is 0 Å². The van der Waals surface area contributed by atoms with E-state index in [2.05, 4.69) is 37.0 Å². The lowest BCUT2D eigenvalue weighted by Gasteiger charge is -2.38. The number of primary amides is 1. The van der Waals surface area contributed by atoms with Crippen molar-refractivity contribution in [1.82, 2.24) is 19.8 Å². The molecule has 0 bridgehead atoms. The van der Waals surface area contributed by atoms with E-state index in [9.17, 15) is 4.79 Å². The maximum atomic E-state index is 11.9. The number of likely N-dealkylation sites (tertiary alicyclic amines) is 1. The molecular weight excluding hydrogens is 390 g/mol. The van der Waals surface area contributed by atoms with Crippen molar-refractivity contribution in [3.8, 4) is 0 Å². The minimum atomic E-state index is -0.538. The SMILES string of the molecule is Cc1cccc(Nc2nc(N3CCN(CC4CCCN(C)C4)CC3)ncc2C(N)=O)c1. The molecule has 1 aromatic carbocycles. The molecule has 3 N–H and O–H groups in total. The van der Waals surface area contributed by atoms with Crippen LogP contribution in [0.2, 0.25) is 0 Å². The zero-order valence-electron chi connectivity index (χ0n) is 18.5. The minimum absolute atomic E-state index is 0.297. The van der Waals surface area contributed by atoms with Crippen molar-refractivity contribution in [3.63, 3.8) is 0 Å². The van der Waals surface area contributed by atoms with Gasteiger partial charge >= 0.3 is 0 Å². The number of aromatic nitrogens is 2. The third kappa shape index (κ3) is 5.51. The number of piperidine rings is 1. The molecule has 2 fully saturated rings. The second-order valence-corrected chi connectivity index (χ2v) is 8.85. The highest BCUT2D eigenvalue weighted by atomic mass is 16.1. The summed E-state index contributed by atoms with van der Waals surface area (Å²) in [7, 11) is 2.22. The third-order valence-corrected chi connectivity index (χ3v) is 6.22. The third-order valence-electron chi connectivity index (χ3n) is 6.22. The van der Waals surface area contributed by atoms with Crippen molar-refractivity contribution in [2.75, 3.05) is 63.1 Å². The van der Waals surface area contributed by atoms with Crippen molar-refractivity contribution >= 4 is 23.4 Å². The summed E-state index contributed by atoms with van der Waals surface area (Å²) in [6.07, 6.45) is 4.17. The van der Waals surface area contributed by atoms with E-state index >= 15 is 0 Å². The van der Waals surface area contributed by atoms with Crippen molar-refractivity contribution < 1.29 is 4.79 Å². The van der Waals surface area contributed by atoms with E-state index in [0.717, 1.165) is 43.3 Å². The van der Waals surface area contributed by atoms with Crippen molar-refractivity contribution in [2.24, 2.45) is 11.7 Å². The van der Waals surface area contributed by atoms with E-state index in [-0.39, 0.29) is 0 Å². The Morgan fingerprint density at radius 1 is 1.23 bits per heavy atom. The van der Waals surface area contributed by atoms with Crippen LogP contribution in [0.25, 0.3) is 0 Å². The minimum Gasteiger partial charge on any atom is -0.365 e. The highest BCUT2D eigenvalue weighted by molar-refractivity contribution is 5.98. The van der Waals surface area contributed by atoms with Crippen molar-refractivity contribution in [3.05, 3.63) is 41.6 Å². The molecule has 2 aliphatic heterocycles. The smallest absolute Gasteiger partial charge is 0.254 e. The average molecular weight is 424 g/mol. The van der Waals surface area contributed by atoms with Crippen LogP contribution in [0.1, 0.15) is 28.8 Å². The molecule has 31 heavy (non-hydrogen) atoms. The van der Waals surface area contributed by atoms with Gasteiger partial charge in [0, 0.05) is 51.2 Å². The topological polar surface area (TPSA) is 90.6 Å². The average Bonchev–Trinajstić information content (AvgIpc) is 2.74. The molecule has 3 heterocycles. The van der Waals surface area contributed by atoms with Gasteiger partial charge in [-0.15, -0.1) is 0 Å². The van der Waals surface area contributed by atoms with Crippen LogP contribution < -0.4 is 16.0 Å². The maximum absolute atomic E-state index is 11.9. The van der Waals surface area contributed by atoms with Crippen LogP contribution in [0, 0.1) is 12.8 Å². The number of rotatable bonds is 6. The van der Waals surface area contributed by atoms with Gasteiger partial charge in [-0.2, -0.15) is 4.98 Å². The van der Waals surface area contributed by atoms with Crippen molar-refractivity contribution in [1.29, 1.82) is 0 Å². The Labute approximate surface area is 184 Å². The Hall–Kier alpha value is -2.71. The number of anilines is 3. The number of aryl methyl sites for hydroxylation is 1. The summed E-state index contributed by atoms with van der Waals surface area (Å²) < 4.78 is 0. The summed E-state index contributed by atoms with van der Waals surface area (Å²) in [4.78, 5) is 28.2. The molecule has 2 saturated heterocycles. The standard InChI is InChI=1S/C23H33N7O/c1-17-5-3-7-19(13-17)26-22-20(21(24)31)14-25-23(27-22)30-11-9-29(10-12-30)16-18-6-4-8-28(2)15-18/h3,5,7,13-14,18H,4,6,8-12,15-16H2,1-2H3,(H2,24,31)(H,25,26,27). The first kappa shape index (κ1) is 21.5. The molecule has 0 spiro atoms. The van der Waals surface area contributed by atoms with E-state index in [4.69, 9.17) is 5.73 Å². The number of amides is 1. The first-order valence-electron chi connectivity index (χ1n) is 11.1. The molecule has 1 amide bonds. The lowest BCUT2D eigenvalue weighted by Crippen LogP contribution is -2.49. The van der Waals surface area contributed by atoms with Gasteiger partial charge in [0.05, 0.1) is 0 Å². The van der Waals surface area contributed by atoms with Gasteiger partial charge in [0.1, 0.15) is 11.4 Å². The van der Waals surface area contributed by atoms with Crippen LogP contribution >= 0.6 is 0 Å². The zero-order valence-corrected chi connectivity index (χ0v) is 18.5. The summed E-state index contributed by atoms with van der Waals surface area (Å²) in [5, 5.41) is 3.25. The zero-order chi connectivity index (χ0) is 21.8. The van der Waals surface area contributed by atoms with E-state index in [1.165, 1.54) is 38.7 Å². The molecule has 0 saturated carbocycles. The Morgan fingerprint density at radius 3 is 2.74 bits per heavy atom. The van der Waals surface area contributed by atoms with E-state index < -0.39 is 5.91 Å². The predicted molar refractivity (Wildman–Crippen MR) is 124 cm³/mol. The monoisotopic (exact) mass is 423 g/mol. The van der Waals surface area contributed by atoms with Crippen LogP contribution in [0.15, 0.2) is 30.5 Å². The van der Waals surface area contributed by atoms with Gasteiger partial charge in [-0.25, -0.2) is 4.98 Å². The summed E-state index contributed by atoms with van der Waals surface area (Å²) in [6.45, 7) is 9.37. The van der Waals surface area contributed by atoms with Crippen LogP contribution in [0.4, 0.5) is 17.5 Å². The Kier molecular flexibility index (Phi) is 6.67. The molecule has 2 aromatic rings. The van der Waals surface area contributed by atoms with Gasteiger partial charge in [-0.3, -0.25) is 9.69 Å². The second kappa shape index (κ2) is 9.62. The molecular formula is C23H33N7O. The molecule has 1 atom stereocenters. The summed E-state index contributed by atoms with van der Waals surface area (Å²) >= 11 is 0. The number of hydrogen-bond donors (Lipinski definition) is 2. The largest absolute Gasteiger partial charge is 0.365 e. The molecule has 0 aliphatic carbocycles. The number of benzene rings is 1. The fourth-order valence-electron chi connectivity index (χ4n) is 4.58. The van der Waals surface area contributed by atoms with E-state index in [1.807, 2.05) is 31.2 Å². The normalized spacial score (nSPS) is 20.6. The Bertz CT molecular complexity index is 911. The first-order valence-corrected chi connectivity index (χ1v) is 11.1. The number of carbonyl (C=O) groups is 1. The second-order valence-electron chi connectivity index (χ2n) is 8.85.